The van der Waals surface area contributed by atoms with Crippen molar-refractivity contribution >= 4 is 15.8 Å². The standard InChI is InChI=1S/C11H23N3O2S/c1-9(2)7-13-11(12)14-8-10-3-5-17(15,16)6-4-10/h9-10H,3-8H2,1-2H3,(H3,12,13,14). The van der Waals surface area contributed by atoms with E-state index in [9.17, 15) is 8.42 Å². The molecular formula is C11H23N3O2S. The first-order valence-corrected chi connectivity index (χ1v) is 7.95. The Hall–Kier alpha value is -0.780. The molecule has 0 aromatic heterocycles. The van der Waals surface area contributed by atoms with Gasteiger partial charge in [-0.1, -0.05) is 13.8 Å². The van der Waals surface area contributed by atoms with Gasteiger partial charge in [-0.05, 0) is 24.7 Å². The fourth-order valence-corrected chi connectivity index (χ4v) is 3.32. The summed E-state index contributed by atoms with van der Waals surface area (Å²) in [7, 11) is -2.76. The van der Waals surface area contributed by atoms with Gasteiger partial charge in [-0.25, -0.2) is 8.42 Å². The third kappa shape index (κ3) is 5.91. The van der Waals surface area contributed by atoms with Crippen LogP contribution in [0.4, 0.5) is 0 Å². The fraction of sp³-hybridized carbons (Fsp3) is 0.909. The third-order valence-electron chi connectivity index (χ3n) is 2.87. The normalized spacial score (nSPS) is 21.7. The molecule has 0 saturated carbocycles. The Morgan fingerprint density at radius 2 is 2.00 bits per heavy atom. The van der Waals surface area contributed by atoms with Crippen LogP contribution in [-0.4, -0.2) is 39.0 Å². The van der Waals surface area contributed by atoms with Crippen molar-refractivity contribution in [3.8, 4) is 0 Å². The van der Waals surface area contributed by atoms with Gasteiger partial charge in [0.05, 0.1) is 11.5 Å². The van der Waals surface area contributed by atoms with Gasteiger partial charge in [0, 0.05) is 13.1 Å². The minimum absolute atomic E-state index is 0.308. The number of sulfone groups is 1. The minimum atomic E-state index is -2.76. The van der Waals surface area contributed by atoms with Crippen molar-refractivity contribution in [3.05, 3.63) is 0 Å². The van der Waals surface area contributed by atoms with Crippen molar-refractivity contribution in [1.82, 2.24) is 5.32 Å². The maximum atomic E-state index is 11.2. The number of hydrogen-bond donors (Lipinski definition) is 2. The van der Waals surface area contributed by atoms with Gasteiger partial charge >= 0.3 is 0 Å². The van der Waals surface area contributed by atoms with Gasteiger partial charge in [-0.2, -0.15) is 0 Å². The van der Waals surface area contributed by atoms with Crippen molar-refractivity contribution in [2.45, 2.75) is 26.7 Å². The van der Waals surface area contributed by atoms with Gasteiger partial charge in [0.25, 0.3) is 0 Å². The van der Waals surface area contributed by atoms with Crippen molar-refractivity contribution in [2.24, 2.45) is 22.6 Å². The van der Waals surface area contributed by atoms with Crippen molar-refractivity contribution < 1.29 is 8.42 Å². The highest BCUT2D eigenvalue weighted by Gasteiger charge is 2.23. The molecule has 0 bridgehead atoms. The zero-order valence-electron chi connectivity index (χ0n) is 10.6. The molecule has 1 rings (SSSR count). The number of nitrogens with two attached hydrogens (primary N) is 1. The molecule has 0 aliphatic carbocycles. The van der Waals surface area contributed by atoms with Gasteiger partial charge in [-0.3, -0.25) is 4.99 Å². The summed E-state index contributed by atoms with van der Waals surface area (Å²) in [6, 6.07) is 0. The average molecular weight is 261 g/mol. The van der Waals surface area contributed by atoms with Crippen molar-refractivity contribution in [1.29, 1.82) is 0 Å². The number of nitrogens with zero attached hydrogens (tertiary/aromatic N) is 1. The maximum Gasteiger partial charge on any atom is 0.188 e. The lowest BCUT2D eigenvalue weighted by Gasteiger charge is -2.22. The zero-order chi connectivity index (χ0) is 12.9. The summed E-state index contributed by atoms with van der Waals surface area (Å²) < 4.78 is 22.5. The van der Waals surface area contributed by atoms with Gasteiger partial charge in [0.1, 0.15) is 9.84 Å². The van der Waals surface area contributed by atoms with Crippen LogP contribution in [0.3, 0.4) is 0 Å². The molecule has 1 heterocycles. The van der Waals surface area contributed by atoms with Gasteiger partial charge in [0.2, 0.25) is 0 Å². The Labute approximate surface area is 104 Å². The zero-order valence-corrected chi connectivity index (χ0v) is 11.5. The molecular weight excluding hydrogens is 238 g/mol. The van der Waals surface area contributed by atoms with E-state index in [1.54, 1.807) is 0 Å². The molecule has 0 aromatic rings. The van der Waals surface area contributed by atoms with Crippen LogP contribution in [0.25, 0.3) is 0 Å². The van der Waals surface area contributed by atoms with E-state index in [0.29, 0.717) is 29.3 Å². The van der Waals surface area contributed by atoms with Crippen LogP contribution in [0.5, 0.6) is 0 Å². The van der Waals surface area contributed by atoms with Crippen LogP contribution >= 0.6 is 0 Å². The van der Waals surface area contributed by atoms with Gasteiger partial charge < -0.3 is 11.1 Å². The largest absolute Gasteiger partial charge is 0.370 e. The van der Waals surface area contributed by atoms with Crippen LogP contribution in [0.15, 0.2) is 4.99 Å². The summed E-state index contributed by atoms with van der Waals surface area (Å²) in [6.45, 7) is 5.62. The molecule has 0 amide bonds. The van der Waals surface area contributed by atoms with Crippen LogP contribution < -0.4 is 11.1 Å². The Morgan fingerprint density at radius 3 is 2.53 bits per heavy atom. The van der Waals surface area contributed by atoms with E-state index in [1.807, 2.05) is 0 Å². The average Bonchev–Trinajstić information content (AvgIpc) is 2.25. The number of rotatable bonds is 4. The first-order chi connectivity index (χ1) is 7.89. The van der Waals surface area contributed by atoms with E-state index < -0.39 is 9.84 Å². The molecule has 17 heavy (non-hydrogen) atoms. The molecule has 6 heteroatoms. The quantitative estimate of drug-likeness (QED) is 0.566. The van der Waals surface area contributed by atoms with E-state index in [-0.39, 0.29) is 0 Å². The Morgan fingerprint density at radius 1 is 1.41 bits per heavy atom. The molecule has 5 nitrogen and oxygen atoms in total. The minimum Gasteiger partial charge on any atom is -0.370 e. The smallest absolute Gasteiger partial charge is 0.188 e. The highest BCUT2D eigenvalue weighted by atomic mass is 32.2. The molecule has 0 atom stereocenters. The molecule has 1 aliphatic rings. The summed E-state index contributed by atoms with van der Waals surface area (Å²) in [5.74, 6) is 1.97. The van der Waals surface area contributed by atoms with Gasteiger partial charge in [0.15, 0.2) is 5.96 Å². The molecule has 100 valence electrons. The molecule has 3 N–H and O–H groups in total. The van der Waals surface area contributed by atoms with Crippen molar-refractivity contribution in [2.75, 3.05) is 24.6 Å². The first-order valence-electron chi connectivity index (χ1n) is 6.13. The third-order valence-corrected chi connectivity index (χ3v) is 4.59. The van der Waals surface area contributed by atoms with Crippen molar-refractivity contribution in [3.63, 3.8) is 0 Å². The van der Waals surface area contributed by atoms with Crippen LogP contribution in [0.2, 0.25) is 0 Å². The van der Waals surface area contributed by atoms with E-state index in [2.05, 4.69) is 24.2 Å². The molecule has 1 aliphatic heterocycles. The monoisotopic (exact) mass is 261 g/mol. The molecule has 0 aromatic carbocycles. The highest BCUT2D eigenvalue weighted by molar-refractivity contribution is 7.91. The maximum absolute atomic E-state index is 11.2. The number of hydrogen-bond acceptors (Lipinski definition) is 3. The lowest BCUT2D eigenvalue weighted by Crippen LogP contribution is -2.38. The van der Waals surface area contributed by atoms with Gasteiger partial charge in [-0.15, -0.1) is 0 Å². The summed E-state index contributed by atoms with van der Waals surface area (Å²) in [5.41, 5.74) is 5.71. The number of aliphatic imine (C=N–C) groups is 1. The molecule has 1 saturated heterocycles. The molecule has 0 radical (unpaired) electrons. The second-order valence-corrected chi connectivity index (χ2v) is 7.40. The lowest BCUT2D eigenvalue weighted by molar-refractivity contribution is 0.458. The van der Waals surface area contributed by atoms with E-state index in [4.69, 9.17) is 5.73 Å². The summed E-state index contributed by atoms with van der Waals surface area (Å²) in [5, 5.41) is 3.07. The van der Waals surface area contributed by atoms with Crippen LogP contribution in [0, 0.1) is 11.8 Å². The van der Waals surface area contributed by atoms with E-state index >= 15 is 0 Å². The predicted octanol–water partition coefficient (Wildman–Crippen LogP) is 0.372. The second kappa shape index (κ2) is 6.23. The fourth-order valence-electron chi connectivity index (χ4n) is 1.73. The topological polar surface area (TPSA) is 84.5 Å². The second-order valence-electron chi connectivity index (χ2n) is 5.10. The Bertz CT molecular complexity index is 349. The summed E-state index contributed by atoms with van der Waals surface area (Å²) in [6.07, 6.45) is 1.46. The lowest BCUT2D eigenvalue weighted by atomic mass is 10.0. The number of guanidine groups is 1. The van der Waals surface area contributed by atoms with Crippen LogP contribution in [0.1, 0.15) is 26.7 Å². The Kier molecular flexibility index (Phi) is 5.24. The summed E-state index contributed by atoms with van der Waals surface area (Å²) in [4.78, 5) is 4.20. The summed E-state index contributed by atoms with van der Waals surface area (Å²) >= 11 is 0. The van der Waals surface area contributed by atoms with E-state index in [1.165, 1.54) is 0 Å². The molecule has 1 fully saturated rings. The number of nitrogens with one attached hydrogen (secondary N) is 1. The molecule has 0 unspecified atom stereocenters. The molecule has 0 spiro atoms. The predicted molar refractivity (Wildman–Crippen MR) is 70.7 cm³/mol. The SMILES string of the molecule is CC(C)CN=C(N)NCC1CCS(=O)(=O)CC1. The van der Waals surface area contributed by atoms with E-state index in [0.717, 1.165) is 25.9 Å². The highest BCUT2D eigenvalue weighted by Crippen LogP contribution is 2.17. The Balaban J connectivity index is 2.25. The van der Waals surface area contributed by atoms with Crippen LogP contribution in [-0.2, 0) is 9.84 Å². The first kappa shape index (κ1) is 14.3.